The molecule has 0 aromatic heterocycles. The summed E-state index contributed by atoms with van der Waals surface area (Å²) in [6, 6.07) is 30.4. The smallest absolute Gasteiger partial charge is 0.221 e. The van der Waals surface area contributed by atoms with E-state index in [1.807, 2.05) is 54.6 Å². The third-order valence-corrected chi connectivity index (χ3v) is 5.29. The van der Waals surface area contributed by atoms with Gasteiger partial charge in [-0.15, -0.1) is 0 Å². The van der Waals surface area contributed by atoms with Gasteiger partial charge in [-0.3, -0.25) is 4.79 Å². The number of nitrogens with one attached hydrogen (secondary N) is 2. The molecule has 0 spiro atoms. The van der Waals surface area contributed by atoms with Crippen molar-refractivity contribution in [1.29, 1.82) is 0 Å². The molecule has 0 radical (unpaired) electrons. The van der Waals surface area contributed by atoms with Crippen molar-refractivity contribution in [2.24, 2.45) is 0 Å². The zero-order valence-electron chi connectivity index (χ0n) is 17.4. The lowest BCUT2D eigenvalue weighted by molar-refractivity contribution is -0.121. The molecule has 0 fully saturated rings. The number of aliphatic hydroxyl groups is 1. The van der Waals surface area contributed by atoms with Crippen LogP contribution in [0.2, 0.25) is 0 Å². The van der Waals surface area contributed by atoms with Crippen molar-refractivity contribution in [3.63, 3.8) is 0 Å². The summed E-state index contributed by atoms with van der Waals surface area (Å²) in [7, 11) is 0. The standard InChI is InChI=1S/C26H30N2O2/c1-20(21-11-5-2-6-12-21)27-18-24(29)19-28-26(30)17-25(22-13-7-3-8-14-22)23-15-9-4-10-16-23/h2-16,20,24-25,27,29H,17-19H2,1H3,(H,28,30)/t20-,24?/m0/s1. The van der Waals surface area contributed by atoms with Gasteiger partial charge in [0.2, 0.25) is 5.91 Å². The summed E-state index contributed by atoms with van der Waals surface area (Å²) in [6.45, 7) is 2.70. The fourth-order valence-corrected chi connectivity index (χ4v) is 3.53. The second kappa shape index (κ2) is 11.3. The molecule has 0 heterocycles. The van der Waals surface area contributed by atoms with E-state index in [9.17, 15) is 9.90 Å². The van der Waals surface area contributed by atoms with Crippen molar-refractivity contribution < 1.29 is 9.90 Å². The molecular weight excluding hydrogens is 372 g/mol. The molecule has 0 saturated heterocycles. The van der Waals surface area contributed by atoms with Gasteiger partial charge in [-0.25, -0.2) is 0 Å². The fourth-order valence-electron chi connectivity index (χ4n) is 3.53. The predicted molar refractivity (Wildman–Crippen MR) is 121 cm³/mol. The van der Waals surface area contributed by atoms with Crippen LogP contribution in [-0.4, -0.2) is 30.2 Å². The molecule has 30 heavy (non-hydrogen) atoms. The van der Waals surface area contributed by atoms with Gasteiger partial charge in [-0.2, -0.15) is 0 Å². The van der Waals surface area contributed by atoms with Crippen molar-refractivity contribution in [3.8, 4) is 0 Å². The van der Waals surface area contributed by atoms with Gasteiger partial charge in [0.1, 0.15) is 0 Å². The van der Waals surface area contributed by atoms with E-state index < -0.39 is 6.10 Å². The highest BCUT2D eigenvalue weighted by atomic mass is 16.3. The van der Waals surface area contributed by atoms with Crippen molar-refractivity contribution in [3.05, 3.63) is 108 Å². The quantitative estimate of drug-likeness (QED) is 0.480. The highest BCUT2D eigenvalue weighted by Gasteiger charge is 2.18. The summed E-state index contributed by atoms with van der Waals surface area (Å²) >= 11 is 0. The van der Waals surface area contributed by atoms with Crippen LogP contribution in [-0.2, 0) is 4.79 Å². The average Bonchev–Trinajstić information content (AvgIpc) is 2.81. The average molecular weight is 403 g/mol. The minimum atomic E-state index is -0.646. The minimum absolute atomic E-state index is 0.0132. The number of benzene rings is 3. The normalized spacial score (nSPS) is 13.0. The van der Waals surface area contributed by atoms with Crippen LogP contribution in [0.4, 0.5) is 0 Å². The number of hydrogen-bond acceptors (Lipinski definition) is 3. The molecule has 156 valence electrons. The summed E-state index contributed by atoms with van der Waals surface area (Å²) in [5, 5.41) is 16.5. The third-order valence-electron chi connectivity index (χ3n) is 5.29. The molecule has 3 rings (SSSR count). The Morgan fingerprint density at radius 2 is 1.23 bits per heavy atom. The molecular formula is C26H30N2O2. The summed E-state index contributed by atoms with van der Waals surface area (Å²) in [4.78, 5) is 12.6. The van der Waals surface area contributed by atoms with Crippen LogP contribution in [0.3, 0.4) is 0 Å². The molecule has 1 amide bonds. The molecule has 1 unspecified atom stereocenters. The Bertz CT molecular complexity index is 845. The molecule has 4 nitrogen and oxygen atoms in total. The number of aliphatic hydroxyl groups excluding tert-OH is 1. The lowest BCUT2D eigenvalue weighted by Gasteiger charge is -2.20. The van der Waals surface area contributed by atoms with E-state index in [-0.39, 0.29) is 24.4 Å². The largest absolute Gasteiger partial charge is 0.390 e. The lowest BCUT2D eigenvalue weighted by Crippen LogP contribution is -2.39. The zero-order chi connectivity index (χ0) is 21.2. The molecule has 0 aliphatic rings. The van der Waals surface area contributed by atoms with E-state index >= 15 is 0 Å². The van der Waals surface area contributed by atoms with Gasteiger partial charge in [0.25, 0.3) is 0 Å². The molecule has 2 atom stereocenters. The summed E-state index contributed by atoms with van der Waals surface area (Å²) < 4.78 is 0. The first-order chi connectivity index (χ1) is 14.6. The monoisotopic (exact) mass is 402 g/mol. The zero-order valence-corrected chi connectivity index (χ0v) is 17.4. The number of carbonyl (C=O) groups excluding carboxylic acids is 1. The Morgan fingerprint density at radius 1 is 0.767 bits per heavy atom. The minimum Gasteiger partial charge on any atom is -0.390 e. The van der Waals surface area contributed by atoms with Crippen molar-refractivity contribution in [2.75, 3.05) is 13.1 Å². The Kier molecular flexibility index (Phi) is 8.19. The van der Waals surface area contributed by atoms with Gasteiger partial charge in [0, 0.05) is 31.5 Å². The van der Waals surface area contributed by atoms with Crippen LogP contribution in [0.1, 0.15) is 42.0 Å². The van der Waals surface area contributed by atoms with Gasteiger partial charge in [0.05, 0.1) is 6.10 Å². The summed E-state index contributed by atoms with van der Waals surface area (Å²) in [6.07, 6.45) is -0.304. The van der Waals surface area contributed by atoms with E-state index in [0.29, 0.717) is 13.0 Å². The second-order valence-corrected chi connectivity index (χ2v) is 7.58. The molecule has 0 saturated carbocycles. The first-order valence-corrected chi connectivity index (χ1v) is 10.5. The first-order valence-electron chi connectivity index (χ1n) is 10.5. The molecule has 0 aliphatic carbocycles. The molecule has 3 N–H and O–H groups in total. The van der Waals surface area contributed by atoms with E-state index in [0.717, 1.165) is 11.1 Å². The van der Waals surface area contributed by atoms with Crippen molar-refractivity contribution >= 4 is 5.91 Å². The van der Waals surface area contributed by atoms with Crippen LogP contribution in [0.15, 0.2) is 91.0 Å². The predicted octanol–water partition coefficient (Wildman–Crippen LogP) is 4.04. The Hall–Kier alpha value is -2.95. The van der Waals surface area contributed by atoms with Crippen LogP contribution >= 0.6 is 0 Å². The van der Waals surface area contributed by atoms with E-state index in [2.05, 4.69) is 54.0 Å². The molecule has 4 heteroatoms. The van der Waals surface area contributed by atoms with Crippen LogP contribution in [0.25, 0.3) is 0 Å². The van der Waals surface area contributed by atoms with Gasteiger partial charge < -0.3 is 15.7 Å². The van der Waals surface area contributed by atoms with Gasteiger partial charge in [0.15, 0.2) is 0 Å². The number of amides is 1. The highest BCUT2D eigenvalue weighted by Crippen LogP contribution is 2.27. The van der Waals surface area contributed by atoms with Crippen LogP contribution in [0.5, 0.6) is 0 Å². The SMILES string of the molecule is C[C@H](NCC(O)CNC(=O)CC(c1ccccc1)c1ccccc1)c1ccccc1. The molecule has 3 aromatic rings. The second-order valence-electron chi connectivity index (χ2n) is 7.58. The Balaban J connectivity index is 1.50. The Morgan fingerprint density at radius 3 is 1.73 bits per heavy atom. The van der Waals surface area contributed by atoms with Crippen LogP contribution in [0, 0.1) is 0 Å². The molecule has 0 aliphatic heterocycles. The number of rotatable bonds is 10. The van der Waals surface area contributed by atoms with Gasteiger partial charge >= 0.3 is 0 Å². The summed E-state index contributed by atoms with van der Waals surface area (Å²) in [5.74, 6) is -0.0800. The maximum Gasteiger partial charge on any atom is 0.221 e. The topological polar surface area (TPSA) is 61.4 Å². The van der Waals surface area contributed by atoms with Gasteiger partial charge in [-0.05, 0) is 23.6 Å². The summed E-state index contributed by atoms with van der Waals surface area (Å²) in [5.41, 5.74) is 3.39. The van der Waals surface area contributed by atoms with E-state index in [4.69, 9.17) is 0 Å². The van der Waals surface area contributed by atoms with Gasteiger partial charge in [-0.1, -0.05) is 91.0 Å². The first kappa shape index (κ1) is 21.8. The Labute approximate surface area is 179 Å². The number of carbonyl (C=O) groups is 1. The highest BCUT2D eigenvalue weighted by molar-refractivity contribution is 5.77. The van der Waals surface area contributed by atoms with E-state index in [1.165, 1.54) is 5.56 Å². The van der Waals surface area contributed by atoms with Crippen LogP contribution < -0.4 is 10.6 Å². The molecule has 3 aromatic carbocycles. The van der Waals surface area contributed by atoms with Crippen molar-refractivity contribution in [1.82, 2.24) is 10.6 Å². The fraction of sp³-hybridized carbons (Fsp3) is 0.269. The number of hydrogen-bond donors (Lipinski definition) is 3. The van der Waals surface area contributed by atoms with Crippen molar-refractivity contribution in [2.45, 2.75) is 31.4 Å². The maximum atomic E-state index is 12.6. The van der Waals surface area contributed by atoms with E-state index in [1.54, 1.807) is 0 Å². The third kappa shape index (κ3) is 6.55. The maximum absolute atomic E-state index is 12.6. The molecule has 0 bridgehead atoms. The lowest BCUT2D eigenvalue weighted by atomic mass is 9.88.